The van der Waals surface area contributed by atoms with E-state index in [9.17, 15) is 13.2 Å². The molecule has 5 nitrogen and oxygen atoms in total. The molecule has 0 radical (unpaired) electrons. The molecule has 6 heteroatoms. The predicted octanol–water partition coefficient (Wildman–Crippen LogP) is 4.48. The normalized spacial score (nSPS) is 14.5. The summed E-state index contributed by atoms with van der Waals surface area (Å²) in [5.74, 6) is -0.105. The molecule has 0 saturated carbocycles. The number of para-hydroxylation sites is 1. The first-order valence-corrected chi connectivity index (χ1v) is 11.9. The fraction of sp³-hybridized carbons (Fsp3) is 0.435. The largest absolute Gasteiger partial charge is 0.336 e. The van der Waals surface area contributed by atoms with E-state index < -0.39 is 10.0 Å². The van der Waals surface area contributed by atoms with Gasteiger partial charge in [0.15, 0.2) is 0 Å². The molecule has 29 heavy (non-hydrogen) atoms. The van der Waals surface area contributed by atoms with Crippen molar-refractivity contribution in [3.63, 3.8) is 0 Å². The van der Waals surface area contributed by atoms with Crippen LogP contribution in [0.25, 0.3) is 0 Å². The van der Waals surface area contributed by atoms with Gasteiger partial charge in [-0.2, -0.15) is 0 Å². The fourth-order valence-corrected chi connectivity index (χ4v) is 5.26. The number of carbonyl (C=O) groups is 1. The number of hydrogen-bond donors (Lipinski definition) is 0. The molecule has 0 spiro atoms. The smallest absolute Gasteiger partial charge is 0.264 e. The van der Waals surface area contributed by atoms with Crippen LogP contribution in [0.1, 0.15) is 56.0 Å². The SMILES string of the molecule is CCCCN(C(=O)c1cccc(S(=O)(=O)N2CCc3ccccc32)c1)C(C)CC. The van der Waals surface area contributed by atoms with Gasteiger partial charge in [0.25, 0.3) is 15.9 Å². The molecule has 2 aromatic rings. The number of rotatable bonds is 8. The Kier molecular flexibility index (Phi) is 6.63. The van der Waals surface area contributed by atoms with E-state index in [4.69, 9.17) is 0 Å². The Labute approximate surface area is 174 Å². The van der Waals surface area contributed by atoms with Crippen LogP contribution in [0.5, 0.6) is 0 Å². The number of sulfonamides is 1. The summed E-state index contributed by atoms with van der Waals surface area (Å²) in [6.45, 7) is 7.30. The van der Waals surface area contributed by atoms with E-state index in [0.717, 1.165) is 30.5 Å². The van der Waals surface area contributed by atoms with Gasteiger partial charge in [-0.15, -0.1) is 0 Å². The standard InChI is InChI=1S/C23H30N2O3S/c1-4-6-15-24(18(3)5-2)23(26)20-11-9-12-21(17-20)29(27,28)25-16-14-19-10-7-8-13-22(19)25/h7-13,17-18H,4-6,14-16H2,1-3H3. The summed E-state index contributed by atoms with van der Waals surface area (Å²) in [6.07, 6.45) is 3.49. The Morgan fingerprint density at radius 1 is 1.14 bits per heavy atom. The zero-order valence-electron chi connectivity index (χ0n) is 17.5. The number of carbonyl (C=O) groups excluding carboxylic acids is 1. The predicted molar refractivity (Wildman–Crippen MR) is 117 cm³/mol. The second-order valence-electron chi connectivity index (χ2n) is 7.59. The summed E-state index contributed by atoms with van der Waals surface area (Å²) in [6, 6.07) is 14.2. The third kappa shape index (κ3) is 4.32. The Morgan fingerprint density at radius 2 is 1.90 bits per heavy atom. The van der Waals surface area contributed by atoms with Crippen molar-refractivity contribution >= 4 is 21.6 Å². The van der Waals surface area contributed by atoms with E-state index >= 15 is 0 Å². The van der Waals surface area contributed by atoms with Gasteiger partial charge in [-0.1, -0.05) is 44.5 Å². The van der Waals surface area contributed by atoms with Crippen LogP contribution in [0.15, 0.2) is 53.4 Å². The molecule has 1 amide bonds. The molecule has 1 unspecified atom stereocenters. The van der Waals surface area contributed by atoms with Crippen LogP contribution in [-0.2, 0) is 16.4 Å². The van der Waals surface area contributed by atoms with Crippen molar-refractivity contribution in [3.05, 3.63) is 59.7 Å². The topological polar surface area (TPSA) is 57.7 Å². The maximum atomic E-state index is 13.3. The molecule has 3 rings (SSSR count). The Morgan fingerprint density at radius 3 is 2.62 bits per heavy atom. The highest BCUT2D eigenvalue weighted by molar-refractivity contribution is 7.92. The zero-order valence-corrected chi connectivity index (χ0v) is 18.3. The molecule has 2 aromatic carbocycles. The molecule has 1 aliphatic rings. The summed E-state index contributed by atoms with van der Waals surface area (Å²) >= 11 is 0. The van der Waals surface area contributed by atoms with Gasteiger partial charge < -0.3 is 4.90 Å². The fourth-order valence-electron chi connectivity index (χ4n) is 3.71. The first-order chi connectivity index (χ1) is 13.9. The minimum Gasteiger partial charge on any atom is -0.336 e. The zero-order chi connectivity index (χ0) is 21.0. The van der Waals surface area contributed by atoms with E-state index in [1.165, 1.54) is 10.4 Å². The number of amides is 1. The summed E-state index contributed by atoms with van der Waals surface area (Å²) in [5, 5.41) is 0. The van der Waals surface area contributed by atoms with E-state index in [2.05, 4.69) is 13.8 Å². The average molecular weight is 415 g/mol. The second kappa shape index (κ2) is 8.99. The number of benzene rings is 2. The Bertz CT molecular complexity index is 972. The maximum absolute atomic E-state index is 13.3. The highest BCUT2D eigenvalue weighted by atomic mass is 32.2. The molecular formula is C23H30N2O3S. The Hall–Kier alpha value is -2.34. The average Bonchev–Trinajstić information content (AvgIpc) is 3.18. The van der Waals surface area contributed by atoms with Crippen LogP contribution in [0, 0.1) is 0 Å². The number of nitrogens with zero attached hydrogens (tertiary/aromatic N) is 2. The van der Waals surface area contributed by atoms with Crippen molar-refractivity contribution < 1.29 is 13.2 Å². The van der Waals surface area contributed by atoms with Gasteiger partial charge in [-0.25, -0.2) is 8.42 Å². The van der Waals surface area contributed by atoms with Crippen LogP contribution >= 0.6 is 0 Å². The lowest BCUT2D eigenvalue weighted by molar-refractivity contribution is 0.0685. The molecule has 0 aromatic heterocycles. The first-order valence-electron chi connectivity index (χ1n) is 10.4. The molecule has 1 heterocycles. The van der Waals surface area contributed by atoms with E-state index in [1.54, 1.807) is 18.2 Å². The number of fused-ring (bicyclic) bond motifs is 1. The molecule has 1 atom stereocenters. The summed E-state index contributed by atoms with van der Waals surface area (Å²) < 4.78 is 28.1. The van der Waals surface area contributed by atoms with Gasteiger partial charge in [0.1, 0.15) is 0 Å². The van der Waals surface area contributed by atoms with Crippen LogP contribution in [0.4, 0.5) is 5.69 Å². The van der Waals surface area contributed by atoms with Crippen LogP contribution in [0.2, 0.25) is 0 Å². The van der Waals surface area contributed by atoms with Crippen molar-refractivity contribution in [3.8, 4) is 0 Å². The van der Waals surface area contributed by atoms with Gasteiger partial charge in [0, 0.05) is 24.7 Å². The van der Waals surface area contributed by atoms with Crippen LogP contribution in [0.3, 0.4) is 0 Å². The molecule has 0 N–H and O–H groups in total. The number of hydrogen-bond acceptors (Lipinski definition) is 3. The second-order valence-corrected chi connectivity index (χ2v) is 9.46. The molecule has 156 valence electrons. The van der Waals surface area contributed by atoms with Crippen LogP contribution < -0.4 is 4.31 Å². The highest BCUT2D eigenvalue weighted by Gasteiger charge is 2.31. The summed E-state index contributed by atoms with van der Waals surface area (Å²) in [7, 11) is -3.71. The quantitative estimate of drug-likeness (QED) is 0.640. The monoisotopic (exact) mass is 414 g/mol. The van der Waals surface area contributed by atoms with Crippen molar-refractivity contribution in [2.45, 2.75) is 57.4 Å². The highest BCUT2D eigenvalue weighted by Crippen LogP contribution is 2.32. The van der Waals surface area contributed by atoms with Gasteiger partial charge in [-0.05, 0) is 56.0 Å². The molecule has 0 fully saturated rings. The van der Waals surface area contributed by atoms with Crippen molar-refractivity contribution in [2.75, 3.05) is 17.4 Å². The third-order valence-corrected chi connectivity index (χ3v) is 7.46. The molecule has 0 bridgehead atoms. The lowest BCUT2D eigenvalue weighted by Gasteiger charge is -2.29. The minimum absolute atomic E-state index is 0.105. The third-order valence-electron chi connectivity index (χ3n) is 5.65. The van der Waals surface area contributed by atoms with Crippen molar-refractivity contribution in [1.82, 2.24) is 4.90 Å². The van der Waals surface area contributed by atoms with Crippen molar-refractivity contribution in [2.24, 2.45) is 0 Å². The molecule has 0 aliphatic carbocycles. The lowest BCUT2D eigenvalue weighted by Crippen LogP contribution is -2.39. The molecular weight excluding hydrogens is 384 g/mol. The van der Waals surface area contributed by atoms with Gasteiger partial charge in [-0.3, -0.25) is 9.10 Å². The van der Waals surface area contributed by atoms with Gasteiger partial charge in [0.2, 0.25) is 0 Å². The summed E-state index contributed by atoms with van der Waals surface area (Å²) in [5.41, 5.74) is 2.19. The first kappa shape index (κ1) is 21.4. The number of anilines is 1. The van der Waals surface area contributed by atoms with E-state index in [1.807, 2.05) is 36.1 Å². The van der Waals surface area contributed by atoms with E-state index in [-0.39, 0.29) is 16.8 Å². The van der Waals surface area contributed by atoms with Crippen LogP contribution in [-0.4, -0.2) is 38.4 Å². The van der Waals surface area contributed by atoms with Crippen molar-refractivity contribution in [1.29, 1.82) is 0 Å². The summed E-state index contributed by atoms with van der Waals surface area (Å²) in [4.78, 5) is 15.2. The minimum atomic E-state index is -3.71. The van der Waals surface area contributed by atoms with Gasteiger partial charge >= 0.3 is 0 Å². The van der Waals surface area contributed by atoms with E-state index in [0.29, 0.717) is 25.1 Å². The Balaban J connectivity index is 1.92. The van der Waals surface area contributed by atoms with Gasteiger partial charge in [0.05, 0.1) is 10.6 Å². The maximum Gasteiger partial charge on any atom is 0.264 e. The molecule has 1 aliphatic heterocycles. The molecule has 0 saturated heterocycles. The lowest BCUT2D eigenvalue weighted by atomic mass is 10.1. The number of unbranched alkanes of at least 4 members (excludes halogenated alkanes) is 1.